The average Bonchev–Trinajstić information content (AvgIpc) is 3.28. The number of anilines is 1. The Hall–Kier alpha value is -3.23. The van der Waals surface area contributed by atoms with Crippen LogP contribution in [0.3, 0.4) is 0 Å². The number of imide groups is 1. The Morgan fingerprint density at radius 3 is 2.29 bits per heavy atom. The Bertz CT molecular complexity index is 1070. The Balaban J connectivity index is 1.54. The number of benzene rings is 2. The third-order valence-electron chi connectivity index (χ3n) is 4.16. The maximum Gasteiger partial charge on any atom is 0.262 e. The molecule has 28 heavy (non-hydrogen) atoms. The molecule has 0 aliphatic carbocycles. The average molecular weight is 416 g/mol. The summed E-state index contributed by atoms with van der Waals surface area (Å²) in [6.45, 7) is -0.451. The number of hydrogen-bond acceptors (Lipinski definition) is 5. The molecule has 2 heterocycles. The monoisotopic (exact) mass is 415 g/mol. The molecule has 0 bridgehead atoms. The molecule has 1 aliphatic heterocycles. The molecule has 0 radical (unpaired) electrons. The van der Waals surface area contributed by atoms with E-state index < -0.39 is 24.3 Å². The Morgan fingerprint density at radius 1 is 1.04 bits per heavy atom. The summed E-state index contributed by atoms with van der Waals surface area (Å²) >= 11 is 11.9. The topological polar surface area (TPSA) is 97.2 Å². The van der Waals surface area contributed by atoms with Gasteiger partial charge < -0.3 is 5.32 Å². The smallest absolute Gasteiger partial charge is 0.262 e. The number of amides is 3. The lowest BCUT2D eigenvalue weighted by Crippen LogP contribution is -2.37. The number of nitrogens with zero attached hydrogens (tertiary/aromatic N) is 4. The van der Waals surface area contributed by atoms with Gasteiger partial charge in [0, 0.05) is 0 Å². The van der Waals surface area contributed by atoms with Crippen molar-refractivity contribution < 1.29 is 14.4 Å². The lowest BCUT2D eigenvalue weighted by atomic mass is 10.1. The predicted molar refractivity (Wildman–Crippen MR) is 102 cm³/mol. The van der Waals surface area contributed by atoms with Crippen molar-refractivity contribution in [2.45, 2.75) is 0 Å². The molecule has 0 fully saturated rings. The fraction of sp³-hybridized carbons (Fsp3) is 0.0556. The van der Waals surface area contributed by atoms with E-state index in [1.165, 1.54) is 29.5 Å². The summed E-state index contributed by atoms with van der Waals surface area (Å²) in [5, 5.41) is 7.05. The van der Waals surface area contributed by atoms with Crippen LogP contribution in [0.15, 0.2) is 49.1 Å². The number of halogens is 2. The van der Waals surface area contributed by atoms with Crippen LogP contribution in [0.25, 0.3) is 5.69 Å². The molecule has 0 saturated heterocycles. The molecular weight excluding hydrogens is 405 g/mol. The molecule has 0 atom stereocenters. The molecule has 0 spiro atoms. The van der Waals surface area contributed by atoms with E-state index in [2.05, 4.69) is 15.4 Å². The Morgan fingerprint density at radius 2 is 1.68 bits per heavy atom. The van der Waals surface area contributed by atoms with E-state index in [0.29, 0.717) is 11.4 Å². The first-order valence-electron chi connectivity index (χ1n) is 8.05. The zero-order chi connectivity index (χ0) is 19.8. The third-order valence-corrected chi connectivity index (χ3v) is 4.88. The minimum Gasteiger partial charge on any atom is -0.323 e. The van der Waals surface area contributed by atoms with Gasteiger partial charge in [-0.2, -0.15) is 5.10 Å². The van der Waals surface area contributed by atoms with Gasteiger partial charge in [-0.05, 0) is 24.3 Å². The molecule has 2 aromatic carbocycles. The summed E-state index contributed by atoms with van der Waals surface area (Å²) in [5.74, 6) is -1.74. The Kier molecular flexibility index (Phi) is 4.58. The van der Waals surface area contributed by atoms with Crippen molar-refractivity contribution in [2.75, 3.05) is 11.9 Å². The molecule has 1 aromatic heterocycles. The summed E-state index contributed by atoms with van der Waals surface area (Å²) in [4.78, 5) is 42.3. The van der Waals surface area contributed by atoms with E-state index in [1.54, 1.807) is 24.3 Å². The molecule has 0 saturated carbocycles. The molecule has 140 valence electrons. The molecule has 8 nitrogen and oxygen atoms in total. The Labute approximate surface area is 168 Å². The van der Waals surface area contributed by atoms with Crippen LogP contribution in [0.4, 0.5) is 5.69 Å². The molecule has 4 rings (SSSR count). The van der Waals surface area contributed by atoms with Crippen LogP contribution in [0.1, 0.15) is 20.7 Å². The van der Waals surface area contributed by atoms with Gasteiger partial charge in [0.15, 0.2) is 0 Å². The largest absolute Gasteiger partial charge is 0.323 e. The number of aromatic nitrogens is 3. The summed E-state index contributed by atoms with van der Waals surface area (Å²) in [5.41, 5.74) is 1.29. The lowest BCUT2D eigenvalue weighted by molar-refractivity contribution is -0.116. The van der Waals surface area contributed by atoms with Gasteiger partial charge in [-0.3, -0.25) is 19.3 Å². The van der Waals surface area contributed by atoms with E-state index in [0.717, 1.165) is 4.90 Å². The molecule has 3 amide bonds. The standard InChI is InChI=1S/C18H11Cl2N5O3/c19-12-5-10-11(6-13(12)20)18(28)24(17(10)27)7-16(26)23-14-3-1-2-4-15(14)25-9-21-8-22-25/h1-6,8-9H,7H2,(H,23,26). The van der Waals surface area contributed by atoms with Crippen LogP contribution < -0.4 is 5.32 Å². The second-order valence-corrected chi connectivity index (χ2v) is 6.73. The highest BCUT2D eigenvalue weighted by atomic mass is 35.5. The number of fused-ring (bicyclic) bond motifs is 1. The normalized spacial score (nSPS) is 13.0. The van der Waals surface area contributed by atoms with Crippen molar-refractivity contribution in [3.8, 4) is 5.69 Å². The van der Waals surface area contributed by atoms with Crippen LogP contribution in [0.5, 0.6) is 0 Å². The predicted octanol–water partition coefficient (Wildman–Crippen LogP) is 2.81. The summed E-state index contributed by atoms with van der Waals surface area (Å²) in [7, 11) is 0. The second kappa shape index (κ2) is 7.06. The van der Waals surface area contributed by atoms with Crippen molar-refractivity contribution in [3.63, 3.8) is 0 Å². The summed E-state index contributed by atoms with van der Waals surface area (Å²) in [6, 6.07) is 9.61. The van der Waals surface area contributed by atoms with Crippen LogP contribution in [-0.2, 0) is 4.79 Å². The highest BCUT2D eigenvalue weighted by Gasteiger charge is 2.37. The zero-order valence-electron chi connectivity index (χ0n) is 14.1. The van der Waals surface area contributed by atoms with Crippen LogP contribution in [-0.4, -0.2) is 43.9 Å². The molecular formula is C18H11Cl2N5O3. The highest BCUT2D eigenvalue weighted by Crippen LogP contribution is 2.31. The molecule has 0 unspecified atom stereocenters. The molecule has 3 aromatic rings. The van der Waals surface area contributed by atoms with Crippen molar-refractivity contribution in [1.29, 1.82) is 0 Å². The van der Waals surface area contributed by atoms with E-state index >= 15 is 0 Å². The number of para-hydroxylation sites is 2. The van der Waals surface area contributed by atoms with E-state index in [1.807, 2.05) is 0 Å². The first kappa shape index (κ1) is 18.1. The van der Waals surface area contributed by atoms with Gasteiger partial charge in [0.1, 0.15) is 19.2 Å². The second-order valence-electron chi connectivity index (χ2n) is 5.91. The fourth-order valence-electron chi connectivity index (χ4n) is 2.87. The molecule has 10 heteroatoms. The number of hydrogen-bond donors (Lipinski definition) is 1. The van der Waals surface area contributed by atoms with Gasteiger partial charge in [0.2, 0.25) is 5.91 Å². The third kappa shape index (κ3) is 3.12. The van der Waals surface area contributed by atoms with E-state index in [-0.39, 0.29) is 21.2 Å². The molecule has 1 aliphatic rings. The van der Waals surface area contributed by atoms with Crippen LogP contribution in [0, 0.1) is 0 Å². The van der Waals surface area contributed by atoms with Gasteiger partial charge in [0.25, 0.3) is 11.8 Å². The van der Waals surface area contributed by atoms with Gasteiger partial charge in [-0.1, -0.05) is 35.3 Å². The quantitative estimate of drug-likeness (QED) is 0.660. The highest BCUT2D eigenvalue weighted by molar-refractivity contribution is 6.43. The summed E-state index contributed by atoms with van der Waals surface area (Å²) < 4.78 is 1.49. The van der Waals surface area contributed by atoms with Gasteiger partial charge in [-0.15, -0.1) is 0 Å². The van der Waals surface area contributed by atoms with E-state index in [9.17, 15) is 14.4 Å². The van der Waals surface area contributed by atoms with Gasteiger partial charge in [0.05, 0.1) is 32.5 Å². The van der Waals surface area contributed by atoms with Gasteiger partial charge in [-0.25, -0.2) is 9.67 Å². The number of carbonyl (C=O) groups excluding carboxylic acids is 3. The van der Waals surface area contributed by atoms with Crippen molar-refractivity contribution >= 4 is 46.6 Å². The molecule has 1 N–H and O–H groups in total. The van der Waals surface area contributed by atoms with Crippen molar-refractivity contribution in [3.05, 3.63) is 70.2 Å². The SMILES string of the molecule is O=C(CN1C(=O)c2cc(Cl)c(Cl)cc2C1=O)Nc1ccccc1-n1cncn1. The number of rotatable bonds is 4. The van der Waals surface area contributed by atoms with Crippen molar-refractivity contribution in [2.24, 2.45) is 0 Å². The number of carbonyl (C=O) groups is 3. The van der Waals surface area contributed by atoms with Gasteiger partial charge >= 0.3 is 0 Å². The maximum absolute atomic E-state index is 12.5. The first-order chi connectivity index (χ1) is 13.5. The zero-order valence-corrected chi connectivity index (χ0v) is 15.6. The summed E-state index contributed by atoms with van der Waals surface area (Å²) in [6.07, 6.45) is 2.86. The maximum atomic E-state index is 12.5. The van der Waals surface area contributed by atoms with Crippen molar-refractivity contribution in [1.82, 2.24) is 19.7 Å². The number of nitrogens with one attached hydrogen (secondary N) is 1. The van der Waals surface area contributed by atoms with E-state index in [4.69, 9.17) is 23.2 Å². The van der Waals surface area contributed by atoms with Crippen LogP contribution in [0.2, 0.25) is 10.0 Å². The fourth-order valence-corrected chi connectivity index (χ4v) is 3.20. The lowest BCUT2D eigenvalue weighted by Gasteiger charge is -2.15. The first-order valence-corrected chi connectivity index (χ1v) is 8.80. The minimum atomic E-state index is -0.599. The van der Waals surface area contributed by atoms with Crippen LogP contribution >= 0.6 is 23.2 Å². The minimum absolute atomic E-state index is 0.121.